The normalized spacial score (nSPS) is 12.5. The second-order valence-electron chi connectivity index (χ2n) is 2.92. The summed E-state index contributed by atoms with van der Waals surface area (Å²) in [5, 5.41) is 17.6. The number of aliphatic hydroxyl groups excluding tert-OH is 1. The van der Waals surface area contributed by atoms with Gasteiger partial charge >= 0.3 is 5.97 Å². The summed E-state index contributed by atoms with van der Waals surface area (Å²) in [6.45, 7) is 1.36. The first-order chi connectivity index (χ1) is 6.54. The smallest absolute Gasteiger partial charge is 0.312 e. The third kappa shape index (κ3) is 2.52. The predicted molar refractivity (Wildman–Crippen MR) is 53.9 cm³/mol. The monoisotopic (exact) mass is 259 g/mol. The average molecular weight is 260 g/mol. The summed E-state index contributed by atoms with van der Waals surface area (Å²) >= 11 is 3.23. The topological polar surface area (TPSA) is 70.4 Å². The number of aliphatic carboxylic acids is 1. The minimum Gasteiger partial charge on any atom is -0.481 e. The Balaban J connectivity index is 3.08. The fraction of sp³-hybridized carbons (Fsp3) is 0.333. The zero-order valence-corrected chi connectivity index (χ0v) is 9.15. The first-order valence-electron chi connectivity index (χ1n) is 4.04. The van der Waals surface area contributed by atoms with E-state index >= 15 is 0 Å². The van der Waals surface area contributed by atoms with Crippen LogP contribution in [0.5, 0.6) is 0 Å². The van der Waals surface area contributed by atoms with Gasteiger partial charge in [0.2, 0.25) is 0 Å². The molecule has 0 aromatic carbocycles. The summed E-state index contributed by atoms with van der Waals surface area (Å²) in [4.78, 5) is 14.7. The van der Waals surface area contributed by atoms with Crippen molar-refractivity contribution in [2.75, 3.05) is 0 Å². The molecule has 1 aromatic rings. The van der Waals surface area contributed by atoms with Crippen LogP contribution in [-0.2, 0) is 11.4 Å². The van der Waals surface area contributed by atoms with Crippen LogP contribution >= 0.6 is 15.9 Å². The highest BCUT2D eigenvalue weighted by Crippen LogP contribution is 2.19. The van der Waals surface area contributed by atoms with Crippen LogP contribution in [0.25, 0.3) is 0 Å². The number of nitrogens with zero attached hydrogens (tertiary/aromatic N) is 1. The molecule has 0 saturated heterocycles. The highest BCUT2D eigenvalue weighted by Gasteiger charge is 2.16. The Morgan fingerprint density at radius 1 is 1.64 bits per heavy atom. The van der Waals surface area contributed by atoms with Gasteiger partial charge in [-0.2, -0.15) is 0 Å². The maximum atomic E-state index is 10.7. The van der Waals surface area contributed by atoms with Gasteiger partial charge in [0, 0.05) is 4.47 Å². The summed E-state index contributed by atoms with van der Waals surface area (Å²) in [5.41, 5.74) is 0.901. The zero-order chi connectivity index (χ0) is 10.7. The number of rotatable bonds is 3. The highest BCUT2D eigenvalue weighted by molar-refractivity contribution is 9.10. The lowest BCUT2D eigenvalue weighted by Crippen LogP contribution is -2.10. The first kappa shape index (κ1) is 11.1. The lowest BCUT2D eigenvalue weighted by atomic mass is 10.1. The number of pyridine rings is 1. The van der Waals surface area contributed by atoms with E-state index in [1.165, 1.54) is 0 Å². The second-order valence-corrected chi connectivity index (χ2v) is 3.84. The summed E-state index contributed by atoms with van der Waals surface area (Å²) in [5.74, 6) is -1.60. The van der Waals surface area contributed by atoms with Gasteiger partial charge in [-0.25, -0.2) is 0 Å². The van der Waals surface area contributed by atoms with Gasteiger partial charge in [0.25, 0.3) is 0 Å². The van der Waals surface area contributed by atoms with Crippen LogP contribution in [-0.4, -0.2) is 21.2 Å². The molecule has 0 radical (unpaired) electrons. The second kappa shape index (κ2) is 4.52. The maximum Gasteiger partial charge on any atom is 0.312 e. The van der Waals surface area contributed by atoms with Gasteiger partial charge in [0.15, 0.2) is 0 Å². The number of carboxylic acid groups (broad SMARTS) is 1. The van der Waals surface area contributed by atoms with Crippen molar-refractivity contribution in [2.24, 2.45) is 0 Å². The molecule has 1 unspecified atom stereocenters. The molecule has 1 aromatic heterocycles. The fourth-order valence-corrected chi connectivity index (χ4v) is 1.50. The van der Waals surface area contributed by atoms with Crippen LogP contribution in [0.15, 0.2) is 16.6 Å². The van der Waals surface area contributed by atoms with E-state index in [0.717, 1.165) is 4.47 Å². The molecule has 0 fully saturated rings. The Hall–Kier alpha value is -0.940. The van der Waals surface area contributed by atoms with Gasteiger partial charge in [0.05, 0.1) is 23.9 Å². The molecule has 76 valence electrons. The van der Waals surface area contributed by atoms with Crippen molar-refractivity contribution >= 4 is 21.9 Å². The van der Waals surface area contributed by atoms with Crippen molar-refractivity contribution in [1.29, 1.82) is 0 Å². The molecular weight excluding hydrogens is 250 g/mol. The predicted octanol–water partition coefficient (Wildman–Crippen LogP) is 1.52. The molecule has 5 heteroatoms. The summed E-state index contributed by atoms with van der Waals surface area (Å²) < 4.78 is 0.722. The van der Waals surface area contributed by atoms with E-state index in [2.05, 4.69) is 20.9 Å². The lowest BCUT2D eigenvalue weighted by molar-refractivity contribution is -0.138. The Morgan fingerprint density at radius 2 is 2.29 bits per heavy atom. The lowest BCUT2D eigenvalue weighted by Gasteiger charge is -2.07. The largest absolute Gasteiger partial charge is 0.481 e. The fourth-order valence-electron chi connectivity index (χ4n) is 1.00. The minimum absolute atomic E-state index is 0.196. The third-order valence-corrected chi connectivity index (χ3v) is 2.30. The van der Waals surface area contributed by atoms with E-state index in [1.807, 2.05) is 0 Å². The molecule has 0 aliphatic rings. The number of carbonyl (C=O) groups is 1. The van der Waals surface area contributed by atoms with Crippen LogP contribution in [0, 0.1) is 0 Å². The van der Waals surface area contributed by atoms with Crippen molar-refractivity contribution in [3.8, 4) is 0 Å². The maximum absolute atomic E-state index is 10.7. The van der Waals surface area contributed by atoms with Crippen LogP contribution in [0.2, 0.25) is 0 Å². The Kier molecular flexibility index (Phi) is 3.60. The van der Waals surface area contributed by atoms with Gasteiger partial charge in [0.1, 0.15) is 0 Å². The van der Waals surface area contributed by atoms with E-state index in [9.17, 15) is 4.79 Å². The molecule has 1 heterocycles. The average Bonchev–Trinajstić information content (AvgIpc) is 2.15. The van der Waals surface area contributed by atoms with Gasteiger partial charge in [-0.15, -0.1) is 0 Å². The van der Waals surface area contributed by atoms with E-state index in [0.29, 0.717) is 11.4 Å². The van der Waals surface area contributed by atoms with Crippen LogP contribution in [0.4, 0.5) is 0 Å². The number of aliphatic hydroxyl groups is 1. The standard InChI is InChI=1S/C9H10BrNO3/c1-5(9(13)14)8-3-6(10)2-7(4-12)11-8/h2-3,5,12H,4H2,1H3,(H,13,14). The molecule has 1 atom stereocenters. The van der Waals surface area contributed by atoms with Crippen molar-refractivity contribution in [2.45, 2.75) is 19.4 Å². The van der Waals surface area contributed by atoms with Crippen molar-refractivity contribution in [3.63, 3.8) is 0 Å². The van der Waals surface area contributed by atoms with Crippen molar-refractivity contribution < 1.29 is 15.0 Å². The van der Waals surface area contributed by atoms with Crippen LogP contribution in [0.1, 0.15) is 24.2 Å². The van der Waals surface area contributed by atoms with Gasteiger partial charge in [-0.1, -0.05) is 15.9 Å². The summed E-state index contributed by atoms with van der Waals surface area (Å²) in [7, 11) is 0. The Labute approximate surface area is 89.7 Å². The first-order valence-corrected chi connectivity index (χ1v) is 4.84. The third-order valence-electron chi connectivity index (χ3n) is 1.84. The quantitative estimate of drug-likeness (QED) is 0.864. The molecule has 0 amide bonds. The molecule has 0 spiro atoms. The van der Waals surface area contributed by atoms with E-state index in [4.69, 9.17) is 10.2 Å². The van der Waals surface area contributed by atoms with Crippen molar-refractivity contribution in [1.82, 2.24) is 4.98 Å². The van der Waals surface area contributed by atoms with Gasteiger partial charge in [-0.05, 0) is 19.1 Å². The minimum atomic E-state index is -0.931. The number of hydrogen-bond donors (Lipinski definition) is 2. The van der Waals surface area contributed by atoms with Gasteiger partial charge in [-0.3, -0.25) is 9.78 Å². The molecule has 0 saturated carbocycles. The molecule has 4 nitrogen and oxygen atoms in total. The summed E-state index contributed by atoms with van der Waals surface area (Å²) in [6.07, 6.45) is 0. The SMILES string of the molecule is CC(C(=O)O)c1cc(Br)cc(CO)n1. The van der Waals surface area contributed by atoms with Crippen molar-refractivity contribution in [3.05, 3.63) is 28.0 Å². The Bertz CT molecular complexity index is 354. The van der Waals surface area contributed by atoms with E-state index in [-0.39, 0.29) is 6.61 Å². The number of aromatic nitrogens is 1. The number of halogens is 1. The van der Waals surface area contributed by atoms with E-state index in [1.54, 1.807) is 19.1 Å². The van der Waals surface area contributed by atoms with Crippen LogP contribution < -0.4 is 0 Å². The zero-order valence-electron chi connectivity index (χ0n) is 7.57. The molecule has 0 bridgehead atoms. The molecular formula is C9H10BrNO3. The highest BCUT2D eigenvalue weighted by atomic mass is 79.9. The summed E-state index contributed by atoms with van der Waals surface area (Å²) in [6, 6.07) is 3.29. The Morgan fingerprint density at radius 3 is 2.79 bits per heavy atom. The van der Waals surface area contributed by atoms with Gasteiger partial charge < -0.3 is 10.2 Å². The molecule has 2 N–H and O–H groups in total. The number of carboxylic acids is 1. The molecule has 14 heavy (non-hydrogen) atoms. The molecule has 0 aliphatic heterocycles. The number of hydrogen-bond acceptors (Lipinski definition) is 3. The van der Waals surface area contributed by atoms with Crippen LogP contribution in [0.3, 0.4) is 0 Å². The molecule has 1 rings (SSSR count). The van der Waals surface area contributed by atoms with E-state index < -0.39 is 11.9 Å². The molecule has 0 aliphatic carbocycles.